The van der Waals surface area contributed by atoms with Crippen molar-refractivity contribution in [3.05, 3.63) is 57.8 Å². The van der Waals surface area contributed by atoms with E-state index < -0.39 is 0 Å². The lowest BCUT2D eigenvalue weighted by Crippen LogP contribution is -2.36. The van der Waals surface area contributed by atoms with E-state index in [1.54, 1.807) is 0 Å². The quantitative estimate of drug-likeness (QED) is 0.828. The standard InChI is InChI=1S/C17H19BrN2O/c1-2-8-19-12-15(18)10-16(19)17(21)20-9-7-13-5-3-4-6-14(13)11-20/h3-6,10,12H,2,7-9,11H2,1H3. The number of rotatable bonds is 3. The maximum absolute atomic E-state index is 12.8. The van der Waals surface area contributed by atoms with Gasteiger partial charge < -0.3 is 9.47 Å². The molecule has 0 N–H and O–H groups in total. The van der Waals surface area contributed by atoms with Gasteiger partial charge >= 0.3 is 0 Å². The van der Waals surface area contributed by atoms with Gasteiger partial charge in [0, 0.05) is 30.3 Å². The molecule has 1 aliphatic rings. The first-order chi connectivity index (χ1) is 10.2. The van der Waals surface area contributed by atoms with Crippen LogP contribution in [-0.2, 0) is 19.5 Å². The van der Waals surface area contributed by atoms with E-state index in [9.17, 15) is 4.79 Å². The van der Waals surface area contributed by atoms with Crippen molar-refractivity contribution in [3.8, 4) is 0 Å². The summed E-state index contributed by atoms with van der Waals surface area (Å²) < 4.78 is 3.02. The summed E-state index contributed by atoms with van der Waals surface area (Å²) in [7, 11) is 0. The third-order valence-corrected chi connectivity index (χ3v) is 4.40. The van der Waals surface area contributed by atoms with Crippen molar-refractivity contribution >= 4 is 21.8 Å². The number of halogens is 1. The maximum atomic E-state index is 12.8. The summed E-state index contributed by atoms with van der Waals surface area (Å²) in [6.45, 7) is 4.51. The molecule has 21 heavy (non-hydrogen) atoms. The van der Waals surface area contributed by atoms with Crippen molar-refractivity contribution in [2.75, 3.05) is 6.54 Å². The number of hydrogen-bond acceptors (Lipinski definition) is 1. The normalized spacial score (nSPS) is 14.1. The van der Waals surface area contributed by atoms with Crippen molar-refractivity contribution in [1.82, 2.24) is 9.47 Å². The fraction of sp³-hybridized carbons (Fsp3) is 0.353. The molecule has 3 nitrogen and oxygen atoms in total. The van der Waals surface area contributed by atoms with Crippen LogP contribution >= 0.6 is 15.9 Å². The van der Waals surface area contributed by atoms with E-state index in [0.717, 1.165) is 36.1 Å². The second-order valence-electron chi connectivity index (χ2n) is 5.48. The number of benzene rings is 1. The highest BCUT2D eigenvalue weighted by Gasteiger charge is 2.23. The van der Waals surface area contributed by atoms with Gasteiger partial charge in [-0.05, 0) is 46.0 Å². The van der Waals surface area contributed by atoms with Crippen LogP contribution in [0.15, 0.2) is 41.0 Å². The second kappa shape index (κ2) is 6.06. The Kier molecular flexibility index (Phi) is 4.15. The van der Waals surface area contributed by atoms with Gasteiger partial charge in [-0.2, -0.15) is 0 Å². The van der Waals surface area contributed by atoms with Crippen molar-refractivity contribution in [1.29, 1.82) is 0 Å². The summed E-state index contributed by atoms with van der Waals surface area (Å²) in [5.41, 5.74) is 3.42. The van der Waals surface area contributed by atoms with Gasteiger partial charge in [0.15, 0.2) is 0 Å². The van der Waals surface area contributed by atoms with Crippen molar-refractivity contribution in [3.63, 3.8) is 0 Å². The molecule has 1 aliphatic heterocycles. The molecule has 0 saturated carbocycles. The second-order valence-corrected chi connectivity index (χ2v) is 6.40. The number of fused-ring (bicyclic) bond motifs is 1. The number of aryl methyl sites for hydroxylation is 1. The minimum Gasteiger partial charge on any atom is -0.342 e. The zero-order valence-corrected chi connectivity index (χ0v) is 13.8. The van der Waals surface area contributed by atoms with Gasteiger partial charge in [-0.15, -0.1) is 0 Å². The number of amides is 1. The van der Waals surface area contributed by atoms with E-state index >= 15 is 0 Å². The number of carbonyl (C=O) groups is 1. The minimum absolute atomic E-state index is 0.128. The van der Waals surface area contributed by atoms with E-state index in [-0.39, 0.29) is 5.91 Å². The number of hydrogen-bond donors (Lipinski definition) is 0. The minimum atomic E-state index is 0.128. The summed E-state index contributed by atoms with van der Waals surface area (Å²) in [5.74, 6) is 0.128. The average Bonchev–Trinajstić information content (AvgIpc) is 2.87. The highest BCUT2D eigenvalue weighted by atomic mass is 79.9. The Bertz CT molecular complexity index is 663. The Morgan fingerprint density at radius 1 is 1.29 bits per heavy atom. The molecule has 2 aromatic rings. The van der Waals surface area contributed by atoms with Gasteiger partial charge in [-0.1, -0.05) is 31.2 Å². The Balaban J connectivity index is 1.84. The molecule has 1 aromatic heterocycles. The lowest BCUT2D eigenvalue weighted by Gasteiger charge is -2.29. The fourth-order valence-electron chi connectivity index (χ4n) is 2.91. The first kappa shape index (κ1) is 14.4. The molecule has 2 heterocycles. The van der Waals surface area contributed by atoms with Crippen LogP contribution in [-0.4, -0.2) is 21.9 Å². The summed E-state index contributed by atoms with van der Waals surface area (Å²) >= 11 is 3.48. The third kappa shape index (κ3) is 2.91. The van der Waals surface area contributed by atoms with Gasteiger partial charge in [-0.3, -0.25) is 4.79 Å². The van der Waals surface area contributed by atoms with Crippen LogP contribution in [0.25, 0.3) is 0 Å². The highest BCUT2D eigenvalue weighted by molar-refractivity contribution is 9.10. The molecule has 0 atom stereocenters. The largest absolute Gasteiger partial charge is 0.342 e. The van der Waals surface area contributed by atoms with Crippen LogP contribution in [0.2, 0.25) is 0 Å². The van der Waals surface area contributed by atoms with E-state index in [1.807, 2.05) is 27.8 Å². The molecule has 1 aromatic carbocycles. The summed E-state index contributed by atoms with van der Waals surface area (Å²) in [6.07, 6.45) is 3.95. The predicted molar refractivity (Wildman–Crippen MR) is 87.3 cm³/mol. The number of nitrogens with zero attached hydrogens (tertiary/aromatic N) is 2. The number of aromatic nitrogens is 1. The smallest absolute Gasteiger partial charge is 0.270 e. The zero-order chi connectivity index (χ0) is 14.8. The predicted octanol–water partition coefficient (Wildman–Crippen LogP) is 3.86. The topological polar surface area (TPSA) is 25.2 Å². The molecule has 110 valence electrons. The molecule has 4 heteroatoms. The molecule has 0 unspecified atom stereocenters. The number of carbonyl (C=O) groups excluding carboxylic acids is 1. The summed E-state index contributed by atoms with van der Waals surface area (Å²) in [6, 6.07) is 10.3. The van der Waals surface area contributed by atoms with Crippen LogP contribution in [0.5, 0.6) is 0 Å². The van der Waals surface area contributed by atoms with E-state index in [2.05, 4.69) is 41.1 Å². The van der Waals surface area contributed by atoms with E-state index in [4.69, 9.17) is 0 Å². The van der Waals surface area contributed by atoms with Crippen LogP contribution in [0.4, 0.5) is 0 Å². The van der Waals surface area contributed by atoms with Gasteiger partial charge in [0.05, 0.1) is 0 Å². The molecule has 3 rings (SSSR count). The lowest BCUT2D eigenvalue weighted by molar-refractivity contribution is 0.0723. The first-order valence-electron chi connectivity index (χ1n) is 7.40. The Hall–Kier alpha value is -1.55. The van der Waals surface area contributed by atoms with Gasteiger partial charge in [0.2, 0.25) is 0 Å². The molecule has 1 amide bonds. The van der Waals surface area contributed by atoms with Crippen molar-refractivity contribution in [2.24, 2.45) is 0 Å². The maximum Gasteiger partial charge on any atom is 0.270 e. The molecule has 0 aliphatic carbocycles. The first-order valence-corrected chi connectivity index (χ1v) is 8.20. The van der Waals surface area contributed by atoms with E-state index in [1.165, 1.54) is 11.1 Å². The van der Waals surface area contributed by atoms with Crippen LogP contribution < -0.4 is 0 Å². The summed E-state index contributed by atoms with van der Waals surface area (Å²) in [4.78, 5) is 14.8. The highest BCUT2D eigenvalue weighted by Crippen LogP contribution is 2.22. The Morgan fingerprint density at radius 3 is 2.81 bits per heavy atom. The van der Waals surface area contributed by atoms with Crippen molar-refractivity contribution in [2.45, 2.75) is 32.9 Å². The van der Waals surface area contributed by atoms with Gasteiger partial charge in [0.1, 0.15) is 5.69 Å². The lowest BCUT2D eigenvalue weighted by atomic mass is 10.00. The summed E-state index contributed by atoms with van der Waals surface area (Å²) in [5, 5.41) is 0. The fourth-order valence-corrected chi connectivity index (χ4v) is 3.37. The monoisotopic (exact) mass is 346 g/mol. The van der Waals surface area contributed by atoms with Crippen molar-refractivity contribution < 1.29 is 4.79 Å². The van der Waals surface area contributed by atoms with Crippen LogP contribution in [0.1, 0.15) is 35.0 Å². The zero-order valence-electron chi connectivity index (χ0n) is 12.2. The third-order valence-electron chi connectivity index (χ3n) is 3.96. The molecule has 0 radical (unpaired) electrons. The molecule has 0 bridgehead atoms. The molecule has 0 saturated heterocycles. The molecular formula is C17H19BrN2O. The molecule has 0 spiro atoms. The van der Waals surface area contributed by atoms with Gasteiger partial charge in [-0.25, -0.2) is 0 Å². The van der Waals surface area contributed by atoms with E-state index in [0.29, 0.717) is 6.54 Å². The van der Waals surface area contributed by atoms with Crippen LogP contribution in [0, 0.1) is 0 Å². The molecular weight excluding hydrogens is 328 g/mol. The van der Waals surface area contributed by atoms with Crippen LogP contribution in [0.3, 0.4) is 0 Å². The average molecular weight is 347 g/mol. The van der Waals surface area contributed by atoms with Gasteiger partial charge in [0.25, 0.3) is 5.91 Å². The SMILES string of the molecule is CCCn1cc(Br)cc1C(=O)N1CCc2ccccc2C1. The molecule has 0 fully saturated rings. The Morgan fingerprint density at radius 2 is 2.05 bits per heavy atom. The Labute approximate surface area is 133 Å².